The number of anilines is 2. The molecule has 2 aliphatic heterocycles. The van der Waals surface area contributed by atoms with Crippen LogP contribution in [0.1, 0.15) is 31.2 Å². The van der Waals surface area contributed by atoms with E-state index in [1.165, 1.54) is 0 Å². The van der Waals surface area contributed by atoms with Gasteiger partial charge in [0.25, 0.3) is 0 Å². The Balaban J connectivity index is 1.32. The third-order valence-corrected chi connectivity index (χ3v) is 8.65. The third-order valence-electron chi connectivity index (χ3n) is 6.75. The van der Waals surface area contributed by atoms with E-state index in [0.29, 0.717) is 24.5 Å². The molecule has 34 heavy (non-hydrogen) atoms. The molecule has 0 aliphatic carbocycles. The second-order valence-corrected chi connectivity index (χ2v) is 11.2. The van der Waals surface area contributed by atoms with Crippen LogP contribution in [0.15, 0.2) is 59.5 Å². The number of hydrogen-bond donors (Lipinski definition) is 1. The molecule has 2 fully saturated rings. The summed E-state index contributed by atoms with van der Waals surface area (Å²) in [6.45, 7) is 4.64. The number of hydrogen-bond acceptors (Lipinski definition) is 5. The van der Waals surface area contributed by atoms with Gasteiger partial charge in [-0.3, -0.25) is 4.79 Å². The monoisotopic (exact) mass is 478 g/mol. The van der Waals surface area contributed by atoms with Crippen molar-refractivity contribution in [1.82, 2.24) is 9.29 Å². The van der Waals surface area contributed by atoms with E-state index in [4.69, 9.17) is 4.98 Å². The number of aromatic nitrogens is 1. The maximum atomic E-state index is 12.9. The first kappa shape index (κ1) is 22.8. The van der Waals surface area contributed by atoms with Crippen LogP contribution in [0.3, 0.4) is 0 Å². The lowest BCUT2D eigenvalue weighted by Crippen LogP contribution is -2.41. The van der Waals surface area contributed by atoms with Crippen LogP contribution in [0.5, 0.6) is 0 Å². The summed E-state index contributed by atoms with van der Waals surface area (Å²) in [5, 5.41) is 3.85. The Kier molecular flexibility index (Phi) is 6.27. The minimum Gasteiger partial charge on any atom is -0.356 e. The van der Waals surface area contributed by atoms with Crippen molar-refractivity contribution in [3.63, 3.8) is 0 Å². The maximum Gasteiger partial charge on any atom is 0.243 e. The first-order valence-corrected chi connectivity index (χ1v) is 13.4. The van der Waals surface area contributed by atoms with Crippen molar-refractivity contribution in [2.24, 2.45) is 5.92 Å². The zero-order valence-electron chi connectivity index (χ0n) is 19.4. The van der Waals surface area contributed by atoms with E-state index in [9.17, 15) is 13.2 Å². The Morgan fingerprint density at radius 2 is 1.82 bits per heavy atom. The molecule has 3 heterocycles. The molecule has 178 valence electrons. The molecule has 0 bridgehead atoms. The van der Waals surface area contributed by atoms with Gasteiger partial charge < -0.3 is 10.2 Å². The van der Waals surface area contributed by atoms with Crippen LogP contribution in [-0.4, -0.2) is 49.8 Å². The number of sulfonamides is 1. The number of benzene rings is 2. The van der Waals surface area contributed by atoms with Gasteiger partial charge in [0.05, 0.1) is 16.3 Å². The van der Waals surface area contributed by atoms with E-state index >= 15 is 0 Å². The molecule has 1 N–H and O–H groups in total. The van der Waals surface area contributed by atoms with Crippen molar-refractivity contribution < 1.29 is 13.2 Å². The quantitative estimate of drug-likeness (QED) is 0.595. The summed E-state index contributed by atoms with van der Waals surface area (Å²) in [5.41, 5.74) is 2.69. The molecule has 7 nitrogen and oxygen atoms in total. The normalized spacial score (nSPS) is 19.4. The summed E-state index contributed by atoms with van der Waals surface area (Å²) in [4.78, 5) is 20.2. The van der Waals surface area contributed by atoms with E-state index in [1.807, 2.05) is 43.3 Å². The van der Waals surface area contributed by atoms with Crippen molar-refractivity contribution in [2.45, 2.75) is 37.5 Å². The van der Waals surface area contributed by atoms with Gasteiger partial charge >= 0.3 is 0 Å². The van der Waals surface area contributed by atoms with Crippen LogP contribution >= 0.6 is 0 Å². The lowest BCUT2D eigenvalue weighted by molar-refractivity contribution is -0.120. The highest BCUT2D eigenvalue weighted by Crippen LogP contribution is 2.28. The van der Waals surface area contributed by atoms with Crippen molar-refractivity contribution in [3.05, 3.63) is 60.2 Å². The van der Waals surface area contributed by atoms with E-state index in [1.54, 1.807) is 22.5 Å². The van der Waals surface area contributed by atoms with Crippen LogP contribution in [-0.2, 0) is 14.8 Å². The molecule has 3 aromatic rings. The third kappa shape index (κ3) is 4.65. The summed E-state index contributed by atoms with van der Waals surface area (Å²) >= 11 is 0. The highest BCUT2D eigenvalue weighted by atomic mass is 32.2. The Hall–Kier alpha value is -2.97. The Bertz CT molecular complexity index is 1320. The van der Waals surface area contributed by atoms with E-state index in [0.717, 1.165) is 60.2 Å². The fraction of sp³-hybridized carbons (Fsp3) is 0.385. The molecule has 5 rings (SSSR count). The van der Waals surface area contributed by atoms with Gasteiger partial charge in [0.2, 0.25) is 15.9 Å². The number of nitrogens with one attached hydrogen (secondary N) is 1. The number of amides is 1. The summed E-state index contributed by atoms with van der Waals surface area (Å²) in [6.07, 6.45) is 3.59. The Morgan fingerprint density at radius 3 is 2.62 bits per heavy atom. The molecular weight excluding hydrogens is 448 g/mol. The minimum atomic E-state index is -3.46. The molecule has 2 aliphatic rings. The van der Waals surface area contributed by atoms with Gasteiger partial charge in [0.15, 0.2) is 0 Å². The smallest absolute Gasteiger partial charge is 0.243 e. The molecule has 2 aromatic carbocycles. The summed E-state index contributed by atoms with van der Waals surface area (Å²) < 4.78 is 27.4. The highest BCUT2D eigenvalue weighted by molar-refractivity contribution is 7.89. The average molecular weight is 479 g/mol. The molecule has 1 atom stereocenters. The van der Waals surface area contributed by atoms with Gasteiger partial charge in [-0.1, -0.05) is 12.1 Å². The number of fused-ring (bicyclic) bond motifs is 1. The van der Waals surface area contributed by atoms with Crippen LogP contribution in [0.4, 0.5) is 11.5 Å². The van der Waals surface area contributed by atoms with Crippen LogP contribution < -0.4 is 10.2 Å². The molecule has 0 saturated carbocycles. The molecule has 0 spiro atoms. The second-order valence-electron chi connectivity index (χ2n) is 9.28. The first-order chi connectivity index (χ1) is 16.4. The standard InChI is InChI=1S/C26H30N4O3S/c1-19-6-4-8-22(16-19)27-26(31)21-7-5-13-29(18-21)25-12-9-20-17-23(10-11-24(20)28-25)34(32,33)30-14-2-3-15-30/h4,6,8-12,16-17,21H,2-3,5,7,13-15,18H2,1H3,(H,27,31). The fourth-order valence-electron chi connectivity index (χ4n) is 4.87. The lowest BCUT2D eigenvalue weighted by atomic mass is 9.97. The van der Waals surface area contributed by atoms with Crippen molar-refractivity contribution in [1.29, 1.82) is 0 Å². The molecular formula is C26H30N4O3S. The fourth-order valence-corrected chi connectivity index (χ4v) is 6.43. The lowest BCUT2D eigenvalue weighted by Gasteiger charge is -2.33. The SMILES string of the molecule is Cc1cccc(NC(=O)C2CCCN(c3ccc4cc(S(=O)(=O)N5CCCC5)ccc4n3)C2)c1. The largest absolute Gasteiger partial charge is 0.356 e. The number of pyridine rings is 1. The molecule has 1 aromatic heterocycles. The summed E-state index contributed by atoms with van der Waals surface area (Å²) in [5.74, 6) is 0.739. The van der Waals surface area contributed by atoms with E-state index in [2.05, 4.69) is 10.2 Å². The van der Waals surface area contributed by atoms with Crippen molar-refractivity contribution in [3.8, 4) is 0 Å². The predicted octanol–water partition coefficient (Wildman–Crippen LogP) is 4.18. The Labute approximate surface area is 200 Å². The predicted molar refractivity (Wildman–Crippen MR) is 134 cm³/mol. The van der Waals surface area contributed by atoms with Crippen LogP contribution in [0.2, 0.25) is 0 Å². The summed E-state index contributed by atoms with van der Waals surface area (Å²) in [7, 11) is -3.46. The average Bonchev–Trinajstić information content (AvgIpc) is 3.39. The van der Waals surface area contributed by atoms with E-state index < -0.39 is 10.0 Å². The number of carbonyl (C=O) groups excluding carboxylic acids is 1. The maximum absolute atomic E-state index is 12.9. The van der Waals surface area contributed by atoms with Gasteiger partial charge in [-0.25, -0.2) is 13.4 Å². The topological polar surface area (TPSA) is 82.6 Å². The highest BCUT2D eigenvalue weighted by Gasteiger charge is 2.28. The van der Waals surface area contributed by atoms with Crippen molar-refractivity contribution in [2.75, 3.05) is 36.4 Å². The molecule has 1 unspecified atom stereocenters. The second kappa shape index (κ2) is 9.35. The molecule has 8 heteroatoms. The number of aryl methyl sites for hydroxylation is 1. The number of piperidine rings is 1. The molecule has 1 amide bonds. The molecule has 0 radical (unpaired) electrons. The Morgan fingerprint density at radius 1 is 1.00 bits per heavy atom. The first-order valence-electron chi connectivity index (χ1n) is 11.9. The number of nitrogens with zero attached hydrogens (tertiary/aromatic N) is 3. The van der Waals surface area contributed by atoms with Gasteiger partial charge in [-0.15, -0.1) is 0 Å². The van der Waals surface area contributed by atoms with Crippen LogP contribution in [0.25, 0.3) is 10.9 Å². The molecule has 2 saturated heterocycles. The summed E-state index contributed by atoms with van der Waals surface area (Å²) in [6, 6.07) is 16.8. The zero-order chi connectivity index (χ0) is 23.7. The zero-order valence-corrected chi connectivity index (χ0v) is 20.2. The number of carbonyl (C=O) groups is 1. The van der Waals surface area contributed by atoms with Gasteiger partial charge in [0.1, 0.15) is 5.82 Å². The van der Waals surface area contributed by atoms with E-state index in [-0.39, 0.29) is 11.8 Å². The van der Waals surface area contributed by atoms with Crippen LogP contribution in [0, 0.1) is 12.8 Å². The minimum absolute atomic E-state index is 0.0350. The van der Waals surface area contributed by atoms with Gasteiger partial charge in [-0.05, 0) is 80.6 Å². The number of rotatable bonds is 5. The van der Waals surface area contributed by atoms with Crippen molar-refractivity contribution >= 4 is 38.3 Å². The van der Waals surface area contributed by atoms with Gasteiger partial charge in [-0.2, -0.15) is 4.31 Å². The van der Waals surface area contributed by atoms with Gasteiger partial charge in [0, 0.05) is 37.3 Å².